The van der Waals surface area contributed by atoms with Gasteiger partial charge < -0.3 is 4.90 Å². The summed E-state index contributed by atoms with van der Waals surface area (Å²) in [6, 6.07) is 9.39. The predicted octanol–water partition coefficient (Wildman–Crippen LogP) is 2.29. The molecule has 1 spiro atoms. The molecule has 0 aliphatic carbocycles. The van der Waals surface area contributed by atoms with Crippen LogP contribution >= 0.6 is 0 Å². The van der Waals surface area contributed by atoms with E-state index in [1.54, 1.807) is 0 Å². The zero-order valence-electron chi connectivity index (χ0n) is 15.2. The van der Waals surface area contributed by atoms with Gasteiger partial charge in [-0.2, -0.15) is 0 Å². The van der Waals surface area contributed by atoms with Crippen LogP contribution in [0.5, 0.6) is 0 Å². The van der Waals surface area contributed by atoms with Gasteiger partial charge in [0.25, 0.3) is 0 Å². The third-order valence-electron chi connectivity index (χ3n) is 6.96. The molecule has 6 rings (SSSR count). The molecule has 0 N–H and O–H groups in total. The van der Waals surface area contributed by atoms with Gasteiger partial charge in [-0.15, -0.1) is 0 Å². The fourth-order valence-electron chi connectivity index (χ4n) is 6.11. The van der Waals surface area contributed by atoms with Crippen molar-refractivity contribution in [3.05, 3.63) is 29.8 Å². The van der Waals surface area contributed by atoms with Crippen molar-refractivity contribution >= 4 is 11.5 Å². The van der Waals surface area contributed by atoms with Gasteiger partial charge in [0.15, 0.2) is 0 Å². The summed E-state index contributed by atoms with van der Waals surface area (Å²) >= 11 is 0. The minimum absolute atomic E-state index is 0.0411. The molecule has 0 radical (unpaired) electrons. The molecule has 0 aromatic heterocycles. The Morgan fingerprint density at radius 2 is 1.46 bits per heavy atom. The Balaban J connectivity index is 1.68. The summed E-state index contributed by atoms with van der Waals surface area (Å²) in [5, 5.41) is 0. The zero-order valence-corrected chi connectivity index (χ0v) is 15.2. The van der Waals surface area contributed by atoms with Crippen molar-refractivity contribution in [2.45, 2.75) is 39.4 Å². The van der Waals surface area contributed by atoms with Crippen molar-refractivity contribution in [2.75, 3.05) is 37.6 Å². The molecule has 4 saturated heterocycles. The highest BCUT2D eigenvalue weighted by molar-refractivity contribution is 5.93. The lowest BCUT2D eigenvalue weighted by Gasteiger charge is -2.69. The molecular weight excluding hydrogens is 298 g/mol. The first-order valence-electron chi connectivity index (χ1n) is 9.21. The van der Waals surface area contributed by atoms with Crippen LogP contribution in [0.2, 0.25) is 0 Å². The summed E-state index contributed by atoms with van der Waals surface area (Å²) in [5.41, 5.74) is 2.38. The van der Waals surface area contributed by atoms with Crippen molar-refractivity contribution in [2.24, 2.45) is 10.8 Å². The topological polar surface area (TPSA) is 26.8 Å². The minimum atomic E-state index is -0.198. The van der Waals surface area contributed by atoms with Crippen molar-refractivity contribution in [1.82, 2.24) is 9.80 Å². The second kappa shape index (κ2) is 4.23. The van der Waals surface area contributed by atoms with Gasteiger partial charge in [-0.3, -0.25) is 14.6 Å². The van der Waals surface area contributed by atoms with Gasteiger partial charge in [-0.25, -0.2) is 0 Å². The van der Waals surface area contributed by atoms with E-state index in [4.69, 9.17) is 0 Å². The number of carbonyl (C=O) groups is 1. The number of piperidine rings is 2. The Morgan fingerprint density at radius 3 is 2.00 bits per heavy atom. The average Bonchev–Trinajstić information content (AvgIpc) is 2.86. The van der Waals surface area contributed by atoms with Crippen LogP contribution in [0.4, 0.5) is 5.69 Å². The number of rotatable bonds is 1. The number of nitrogens with zero attached hydrogens (tertiary/aromatic N) is 3. The largest absolute Gasteiger partial charge is 0.365 e. The van der Waals surface area contributed by atoms with E-state index in [0.29, 0.717) is 11.8 Å². The molecule has 0 amide bonds. The number of carbonyl (C=O) groups excluding carboxylic acids is 1. The van der Waals surface area contributed by atoms with E-state index < -0.39 is 0 Å². The van der Waals surface area contributed by atoms with Crippen LogP contribution in [0.3, 0.4) is 0 Å². The molecule has 4 fully saturated rings. The van der Waals surface area contributed by atoms with Gasteiger partial charge in [0.2, 0.25) is 0 Å². The van der Waals surface area contributed by atoms with E-state index in [2.05, 4.69) is 66.7 Å². The molecule has 4 bridgehead atoms. The van der Waals surface area contributed by atoms with Crippen LogP contribution in [0.15, 0.2) is 24.3 Å². The molecule has 0 atom stereocenters. The van der Waals surface area contributed by atoms with Gasteiger partial charge >= 0.3 is 0 Å². The Labute approximate surface area is 144 Å². The molecule has 0 saturated carbocycles. The highest BCUT2D eigenvalue weighted by Crippen LogP contribution is 2.58. The van der Waals surface area contributed by atoms with Crippen molar-refractivity contribution in [1.29, 1.82) is 0 Å². The normalized spacial score (nSPS) is 45.5. The van der Waals surface area contributed by atoms with Crippen molar-refractivity contribution in [3.8, 4) is 0 Å². The van der Waals surface area contributed by atoms with E-state index in [1.165, 1.54) is 11.3 Å². The average molecular weight is 325 g/mol. The number of ketones is 1. The molecule has 5 aliphatic heterocycles. The standard InChI is InChI=1S/C20H27N3O/c1-14(2)23-13-20(15-7-5-6-8-16(15)23)21-9-18(3)10-22(20)12-19(4,11-21)17(18)24/h5-8,14H,9-13H2,1-4H3. The summed E-state index contributed by atoms with van der Waals surface area (Å²) < 4.78 is 0. The Kier molecular flexibility index (Phi) is 2.63. The number of para-hydroxylation sites is 1. The smallest absolute Gasteiger partial charge is 0.149 e. The van der Waals surface area contributed by atoms with E-state index >= 15 is 0 Å². The lowest BCUT2D eigenvalue weighted by atomic mass is 9.60. The quantitative estimate of drug-likeness (QED) is 0.792. The zero-order chi connectivity index (χ0) is 16.9. The van der Waals surface area contributed by atoms with Gasteiger partial charge in [0.1, 0.15) is 11.4 Å². The number of benzene rings is 1. The molecule has 5 heterocycles. The van der Waals surface area contributed by atoms with Crippen LogP contribution < -0.4 is 4.90 Å². The number of anilines is 1. The third kappa shape index (κ3) is 1.50. The second-order valence-electron chi connectivity index (χ2n) is 9.22. The number of hydrogen-bond donors (Lipinski definition) is 0. The summed E-state index contributed by atoms with van der Waals surface area (Å²) in [4.78, 5) is 20.8. The molecule has 5 aliphatic rings. The highest BCUT2D eigenvalue weighted by atomic mass is 16.1. The van der Waals surface area contributed by atoms with E-state index in [0.717, 1.165) is 32.7 Å². The maximum absolute atomic E-state index is 13.0. The Hall–Kier alpha value is -1.39. The molecule has 128 valence electrons. The van der Waals surface area contributed by atoms with Gasteiger partial charge in [-0.05, 0) is 19.9 Å². The molecule has 4 heteroatoms. The summed E-state index contributed by atoms with van der Waals surface area (Å²) in [6.07, 6.45) is 0. The van der Waals surface area contributed by atoms with Gasteiger partial charge in [-0.1, -0.05) is 32.0 Å². The maximum Gasteiger partial charge on any atom is 0.149 e. The summed E-state index contributed by atoms with van der Waals surface area (Å²) in [7, 11) is 0. The minimum Gasteiger partial charge on any atom is -0.365 e. The lowest BCUT2D eigenvalue weighted by Crippen LogP contribution is -2.82. The monoisotopic (exact) mass is 325 g/mol. The first kappa shape index (κ1) is 14.9. The lowest BCUT2D eigenvalue weighted by molar-refractivity contribution is -0.229. The van der Waals surface area contributed by atoms with E-state index in [-0.39, 0.29) is 16.5 Å². The molecule has 24 heavy (non-hydrogen) atoms. The Bertz CT molecular complexity index is 700. The SMILES string of the molecule is CC(C)N1CC2(c3ccccc31)N1CC3(C)CN2CC(C)(C1)C3=O. The van der Waals surface area contributed by atoms with E-state index in [9.17, 15) is 4.79 Å². The van der Waals surface area contributed by atoms with Gasteiger partial charge in [0.05, 0.1) is 17.4 Å². The molecule has 4 nitrogen and oxygen atoms in total. The number of Topliss-reactive ketones (excluding diaryl/α,β-unsaturated/α-hetero) is 1. The molecule has 1 aromatic carbocycles. The Morgan fingerprint density at radius 1 is 0.917 bits per heavy atom. The van der Waals surface area contributed by atoms with Crippen LogP contribution in [0.25, 0.3) is 0 Å². The highest BCUT2D eigenvalue weighted by Gasteiger charge is 2.68. The molecular formula is C20H27N3O. The maximum atomic E-state index is 13.0. The van der Waals surface area contributed by atoms with Crippen LogP contribution in [0, 0.1) is 10.8 Å². The molecule has 1 aromatic rings. The van der Waals surface area contributed by atoms with E-state index in [1.807, 2.05) is 0 Å². The fourth-order valence-corrected chi connectivity index (χ4v) is 6.11. The first-order chi connectivity index (χ1) is 11.3. The third-order valence-corrected chi connectivity index (χ3v) is 6.96. The summed E-state index contributed by atoms with van der Waals surface area (Å²) in [6.45, 7) is 13.5. The summed E-state index contributed by atoms with van der Waals surface area (Å²) in [5.74, 6) is 0.490. The van der Waals surface area contributed by atoms with Crippen LogP contribution in [-0.2, 0) is 10.5 Å². The van der Waals surface area contributed by atoms with Crippen LogP contribution in [-0.4, -0.2) is 54.3 Å². The second-order valence-corrected chi connectivity index (χ2v) is 9.22. The van der Waals surface area contributed by atoms with Gasteiger partial charge in [0, 0.05) is 43.5 Å². The number of fused-ring (bicyclic) bond motifs is 1. The predicted molar refractivity (Wildman–Crippen MR) is 95.0 cm³/mol. The van der Waals surface area contributed by atoms with Crippen molar-refractivity contribution in [3.63, 3.8) is 0 Å². The number of hydrogen-bond acceptors (Lipinski definition) is 4. The first-order valence-corrected chi connectivity index (χ1v) is 9.21. The molecule has 0 unspecified atom stereocenters. The van der Waals surface area contributed by atoms with Crippen LogP contribution in [0.1, 0.15) is 33.3 Å². The van der Waals surface area contributed by atoms with Crippen molar-refractivity contribution < 1.29 is 4.79 Å². The fraction of sp³-hybridized carbons (Fsp3) is 0.650.